The van der Waals surface area contributed by atoms with E-state index >= 15 is 0 Å². The minimum Gasteiger partial charge on any atom is -0.326 e. The molecule has 1 rings (SSSR count). The van der Waals surface area contributed by atoms with Crippen LogP contribution >= 0.6 is 0 Å². The van der Waals surface area contributed by atoms with E-state index in [2.05, 4.69) is 6.58 Å². The highest BCUT2D eigenvalue weighted by molar-refractivity contribution is 7.89. The van der Waals surface area contributed by atoms with Crippen LogP contribution in [0, 0.1) is 6.92 Å². The van der Waals surface area contributed by atoms with Gasteiger partial charge in [0.1, 0.15) is 0 Å². The maximum absolute atomic E-state index is 12.2. The van der Waals surface area contributed by atoms with Crippen molar-refractivity contribution in [2.45, 2.75) is 18.4 Å². The molecule has 2 N–H and O–H groups in total. The Morgan fingerprint density at radius 3 is 2.65 bits per heavy atom. The Labute approximate surface area is 103 Å². The molecule has 1 aromatic rings. The first-order valence-electron chi connectivity index (χ1n) is 5.30. The lowest BCUT2D eigenvalue weighted by Crippen LogP contribution is -2.27. The number of likely N-dealkylation sites (N-methyl/N-ethyl adjacent to an activating group) is 1. The van der Waals surface area contributed by atoms with Gasteiger partial charge < -0.3 is 5.73 Å². The second-order valence-corrected chi connectivity index (χ2v) is 5.89. The van der Waals surface area contributed by atoms with Crippen molar-refractivity contribution < 1.29 is 8.42 Å². The fraction of sp³-hybridized carbons (Fsp3) is 0.333. The summed E-state index contributed by atoms with van der Waals surface area (Å²) in [4.78, 5) is 0.310. The molecular weight excluding hydrogens is 236 g/mol. The number of hydrogen-bond acceptors (Lipinski definition) is 3. The Balaban J connectivity index is 3.27. The summed E-state index contributed by atoms with van der Waals surface area (Å²) < 4.78 is 25.8. The molecule has 0 aliphatic carbocycles. The minimum atomic E-state index is -3.46. The lowest BCUT2D eigenvalue weighted by Gasteiger charge is -2.17. The van der Waals surface area contributed by atoms with Gasteiger partial charge in [-0.05, 0) is 24.1 Å². The van der Waals surface area contributed by atoms with Crippen LogP contribution in [0.25, 0.3) is 0 Å². The van der Waals surface area contributed by atoms with Crippen LogP contribution in [-0.4, -0.2) is 26.3 Å². The Kier molecular flexibility index (Phi) is 4.45. The third-order valence-corrected chi connectivity index (χ3v) is 4.53. The maximum Gasteiger partial charge on any atom is 0.243 e. The molecule has 0 amide bonds. The number of aryl methyl sites for hydroxylation is 1. The molecule has 5 heteroatoms. The van der Waals surface area contributed by atoms with Gasteiger partial charge in [0.05, 0.1) is 4.90 Å². The molecule has 0 unspecified atom stereocenters. The van der Waals surface area contributed by atoms with Crippen molar-refractivity contribution in [3.63, 3.8) is 0 Å². The summed E-state index contributed by atoms with van der Waals surface area (Å²) in [7, 11) is -1.92. The summed E-state index contributed by atoms with van der Waals surface area (Å²) in [6.45, 7) is 5.92. The van der Waals surface area contributed by atoms with Gasteiger partial charge in [0.2, 0.25) is 10.0 Å². The summed E-state index contributed by atoms with van der Waals surface area (Å²) in [5.41, 5.74) is 7.05. The Bertz CT molecular complexity index is 509. The van der Waals surface area contributed by atoms with Crippen molar-refractivity contribution >= 4 is 10.0 Å². The van der Waals surface area contributed by atoms with Crippen molar-refractivity contribution in [2.24, 2.45) is 5.73 Å². The molecule has 0 aliphatic heterocycles. The van der Waals surface area contributed by atoms with Crippen LogP contribution in [0.3, 0.4) is 0 Å². The average molecular weight is 254 g/mol. The lowest BCUT2D eigenvalue weighted by molar-refractivity contribution is 0.498. The largest absolute Gasteiger partial charge is 0.326 e. The van der Waals surface area contributed by atoms with Gasteiger partial charge in [0.15, 0.2) is 0 Å². The van der Waals surface area contributed by atoms with Crippen molar-refractivity contribution in [2.75, 3.05) is 13.6 Å². The highest BCUT2D eigenvalue weighted by atomic mass is 32.2. The van der Waals surface area contributed by atoms with Gasteiger partial charge in [-0.15, -0.1) is 6.58 Å². The quantitative estimate of drug-likeness (QED) is 0.805. The van der Waals surface area contributed by atoms with E-state index in [1.54, 1.807) is 25.1 Å². The van der Waals surface area contributed by atoms with E-state index in [-0.39, 0.29) is 6.54 Å². The summed E-state index contributed by atoms with van der Waals surface area (Å²) in [5.74, 6) is 0. The molecule has 1 aromatic carbocycles. The molecule has 17 heavy (non-hydrogen) atoms. The Hall–Kier alpha value is -1.17. The van der Waals surface area contributed by atoms with Crippen LogP contribution in [0.15, 0.2) is 35.7 Å². The average Bonchev–Trinajstić information content (AvgIpc) is 2.29. The highest BCUT2D eigenvalue weighted by Gasteiger charge is 2.21. The Morgan fingerprint density at radius 1 is 1.47 bits per heavy atom. The third kappa shape index (κ3) is 2.94. The van der Waals surface area contributed by atoms with E-state index in [0.29, 0.717) is 11.4 Å². The molecule has 0 saturated carbocycles. The van der Waals surface area contributed by atoms with Crippen molar-refractivity contribution in [3.8, 4) is 0 Å². The second kappa shape index (κ2) is 5.44. The summed E-state index contributed by atoms with van der Waals surface area (Å²) in [6.07, 6.45) is 1.56. The third-order valence-electron chi connectivity index (χ3n) is 2.56. The van der Waals surface area contributed by atoms with Crippen LogP contribution in [0.4, 0.5) is 0 Å². The van der Waals surface area contributed by atoms with E-state index in [1.165, 1.54) is 11.4 Å². The van der Waals surface area contributed by atoms with Crippen LogP contribution in [0.5, 0.6) is 0 Å². The van der Waals surface area contributed by atoms with Crippen LogP contribution in [0.2, 0.25) is 0 Å². The van der Waals surface area contributed by atoms with E-state index in [0.717, 1.165) is 11.1 Å². The van der Waals surface area contributed by atoms with Crippen molar-refractivity contribution in [1.82, 2.24) is 4.31 Å². The van der Waals surface area contributed by atoms with Gasteiger partial charge in [-0.1, -0.05) is 18.2 Å². The number of nitrogens with zero attached hydrogens (tertiary/aromatic N) is 1. The first-order valence-corrected chi connectivity index (χ1v) is 6.74. The van der Waals surface area contributed by atoms with Crippen LogP contribution in [0.1, 0.15) is 11.1 Å². The summed E-state index contributed by atoms with van der Waals surface area (Å²) >= 11 is 0. The minimum absolute atomic E-state index is 0.286. The fourth-order valence-electron chi connectivity index (χ4n) is 1.50. The normalized spacial score (nSPS) is 11.8. The zero-order valence-corrected chi connectivity index (χ0v) is 11.0. The lowest BCUT2D eigenvalue weighted by atomic mass is 10.1. The molecule has 0 fully saturated rings. The zero-order chi connectivity index (χ0) is 13.1. The summed E-state index contributed by atoms with van der Waals surface area (Å²) in [5, 5.41) is 0. The number of nitrogens with two attached hydrogens (primary N) is 1. The fourth-order valence-corrected chi connectivity index (χ4v) is 2.91. The van der Waals surface area contributed by atoms with E-state index in [9.17, 15) is 8.42 Å². The zero-order valence-electron chi connectivity index (χ0n) is 10.2. The predicted octanol–water partition coefficient (Wildman–Crippen LogP) is 1.26. The topological polar surface area (TPSA) is 63.4 Å². The molecule has 0 saturated heterocycles. The molecule has 0 aromatic heterocycles. The molecular formula is C12H18N2O2S. The number of rotatable bonds is 5. The van der Waals surface area contributed by atoms with Gasteiger partial charge in [-0.2, -0.15) is 4.31 Å². The van der Waals surface area contributed by atoms with Gasteiger partial charge in [-0.3, -0.25) is 0 Å². The molecule has 94 valence electrons. The van der Waals surface area contributed by atoms with Crippen molar-refractivity contribution in [1.29, 1.82) is 0 Å². The van der Waals surface area contributed by atoms with E-state index < -0.39 is 10.0 Å². The first-order chi connectivity index (χ1) is 7.93. The molecule has 0 spiro atoms. The Morgan fingerprint density at radius 2 is 2.12 bits per heavy atom. The van der Waals surface area contributed by atoms with E-state index in [4.69, 9.17) is 5.73 Å². The maximum atomic E-state index is 12.2. The SMILES string of the molecule is C=CCN(C)S(=O)(=O)c1cc(CN)ccc1C. The standard InChI is InChI=1S/C12H18N2O2S/c1-4-7-14(3)17(15,16)12-8-11(9-13)6-5-10(12)2/h4-6,8H,1,7,9,13H2,2-3H3. The highest BCUT2D eigenvalue weighted by Crippen LogP contribution is 2.20. The molecule has 0 radical (unpaired) electrons. The molecule has 4 nitrogen and oxygen atoms in total. The van der Waals surface area contributed by atoms with Gasteiger partial charge >= 0.3 is 0 Å². The molecule has 0 heterocycles. The summed E-state index contributed by atoms with van der Waals surface area (Å²) in [6, 6.07) is 5.24. The molecule has 0 bridgehead atoms. The van der Waals surface area contributed by atoms with Crippen LogP contribution < -0.4 is 5.73 Å². The second-order valence-electron chi connectivity index (χ2n) is 3.88. The first kappa shape index (κ1) is 13.9. The van der Waals surface area contributed by atoms with Gasteiger partial charge in [0.25, 0.3) is 0 Å². The smallest absolute Gasteiger partial charge is 0.243 e. The molecule has 0 atom stereocenters. The van der Waals surface area contributed by atoms with Gasteiger partial charge in [-0.25, -0.2) is 8.42 Å². The molecule has 0 aliphatic rings. The van der Waals surface area contributed by atoms with E-state index in [1.807, 2.05) is 6.07 Å². The van der Waals surface area contributed by atoms with Gasteiger partial charge in [0, 0.05) is 20.1 Å². The van der Waals surface area contributed by atoms with Crippen molar-refractivity contribution in [3.05, 3.63) is 42.0 Å². The monoisotopic (exact) mass is 254 g/mol. The van der Waals surface area contributed by atoms with Crippen LogP contribution in [-0.2, 0) is 16.6 Å². The number of sulfonamides is 1. The number of benzene rings is 1. The predicted molar refractivity (Wildman–Crippen MR) is 69.1 cm³/mol. The number of hydrogen-bond donors (Lipinski definition) is 1.